The maximum atomic E-state index is 13.3. The van der Waals surface area contributed by atoms with Crippen LogP contribution in [-0.2, 0) is 19.1 Å². The third-order valence-electron chi connectivity index (χ3n) is 5.73. The predicted octanol–water partition coefficient (Wildman–Crippen LogP) is 3.46. The van der Waals surface area contributed by atoms with Gasteiger partial charge in [-0.15, -0.1) is 0 Å². The van der Waals surface area contributed by atoms with Crippen LogP contribution in [0, 0.1) is 10.1 Å². The van der Waals surface area contributed by atoms with E-state index in [-0.39, 0.29) is 47.9 Å². The van der Waals surface area contributed by atoms with Gasteiger partial charge in [0.05, 0.1) is 40.2 Å². The summed E-state index contributed by atoms with van der Waals surface area (Å²) in [7, 11) is 0. The number of esters is 2. The lowest BCUT2D eigenvalue weighted by Gasteiger charge is -2.30. The van der Waals surface area contributed by atoms with E-state index in [4.69, 9.17) is 14.6 Å². The highest BCUT2D eigenvalue weighted by Gasteiger charge is 2.38. The Labute approximate surface area is 237 Å². The van der Waals surface area contributed by atoms with Crippen molar-refractivity contribution in [2.75, 3.05) is 19.8 Å². The highest BCUT2D eigenvalue weighted by molar-refractivity contribution is 6.00. The Morgan fingerprint density at radius 3 is 2.24 bits per heavy atom. The predicted molar refractivity (Wildman–Crippen MR) is 150 cm³/mol. The van der Waals surface area contributed by atoms with E-state index >= 15 is 0 Å². The molecular weight excluding hydrogens is 534 g/mol. The normalized spacial score (nSPS) is 14.5. The number of phenols is 1. The van der Waals surface area contributed by atoms with Crippen molar-refractivity contribution in [3.05, 3.63) is 92.3 Å². The van der Waals surface area contributed by atoms with E-state index in [1.165, 1.54) is 30.3 Å². The van der Waals surface area contributed by atoms with Crippen molar-refractivity contribution in [3.8, 4) is 5.75 Å². The van der Waals surface area contributed by atoms with E-state index in [2.05, 4.69) is 10.6 Å². The molecule has 220 valence electrons. The van der Waals surface area contributed by atoms with Gasteiger partial charge >= 0.3 is 11.9 Å². The first kappa shape index (κ1) is 32.5. The molecule has 0 fully saturated rings. The highest BCUT2D eigenvalue weighted by atomic mass is 16.6. The average Bonchev–Trinajstić information content (AvgIpc) is 2.90. The first-order valence-electron chi connectivity index (χ1n) is 12.9. The van der Waals surface area contributed by atoms with Crippen LogP contribution in [0.5, 0.6) is 5.75 Å². The van der Waals surface area contributed by atoms with E-state index in [1.807, 2.05) is 0 Å². The average molecular weight is 570 g/mol. The molecule has 0 aromatic heterocycles. The van der Waals surface area contributed by atoms with Gasteiger partial charge in [-0.3, -0.25) is 14.9 Å². The standard InChI is InChI=1S/C27H29N3O8.C2H6O/c1-15(2)38-27(34)23-17(4)29-16(3)22(24(23)18-8-7-9-19(14-18)30(35)36)26(33)37-13-12-28-25(32)20-10-5-6-11-21(20)31;1-2-3/h5-11,14-15,24,29,31H,12-13H2,1-4H3,(H,28,32);3H,2H2,1H3. The Morgan fingerprint density at radius 2 is 1.66 bits per heavy atom. The molecule has 12 heteroatoms. The minimum absolute atomic E-state index is 0.0444. The summed E-state index contributed by atoms with van der Waals surface area (Å²) in [5.74, 6) is -3.16. The number of rotatable bonds is 9. The molecular formula is C29H35N3O9. The minimum Gasteiger partial charge on any atom is -0.507 e. The van der Waals surface area contributed by atoms with Gasteiger partial charge in [0, 0.05) is 30.1 Å². The van der Waals surface area contributed by atoms with Crippen LogP contribution in [-0.4, -0.2) is 58.8 Å². The number of para-hydroxylation sites is 1. The van der Waals surface area contributed by atoms with Crippen molar-refractivity contribution in [2.45, 2.75) is 46.6 Å². The molecule has 0 bridgehead atoms. The summed E-state index contributed by atoms with van der Waals surface area (Å²) < 4.78 is 10.8. The second-order valence-electron chi connectivity index (χ2n) is 9.17. The molecule has 0 saturated carbocycles. The molecule has 0 radical (unpaired) electrons. The van der Waals surface area contributed by atoms with Gasteiger partial charge in [-0.25, -0.2) is 9.59 Å². The molecule has 0 spiro atoms. The Kier molecular flexibility index (Phi) is 12.0. The molecule has 1 atom stereocenters. The van der Waals surface area contributed by atoms with Crippen LogP contribution in [0.4, 0.5) is 5.69 Å². The number of carbonyl (C=O) groups is 3. The number of allylic oxidation sites excluding steroid dienone is 2. The number of aliphatic hydroxyl groups excluding tert-OH is 1. The first-order valence-corrected chi connectivity index (χ1v) is 12.9. The summed E-state index contributed by atoms with van der Waals surface area (Å²) in [5, 5.41) is 34.4. The largest absolute Gasteiger partial charge is 0.507 e. The Balaban J connectivity index is 0.00000187. The smallest absolute Gasteiger partial charge is 0.337 e. The van der Waals surface area contributed by atoms with E-state index in [0.29, 0.717) is 17.0 Å². The lowest BCUT2D eigenvalue weighted by Crippen LogP contribution is -2.34. The van der Waals surface area contributed by atoms with Crippen LogP contribution >= 0.6 is 0 Å². The number of hydrogen-bond donors (Lipinski definition) is 4. The fraction of sp³-hybridized carbons (Fsp3) is 0.345. The summed E-state index contributed by atoms with van der Waals surface area (Å²) in [6.45, 7) is 8.34. The maximum absolute atomic E-state index is 13.3. The van der Waals surface area contributed by atoms with Gasteiger partial charge in [0.15, 0.2) is 0 Å². The molecule has 12 nitrogen and oxygen atoms in total. The van der Waals surface area contributed by atoms with Gasteiger partial charge < -0.3 is 30.3 Å². The number of nitrogens with zero attached hydrogens (tertiary/aromatic N) is 1. The van der Waals surface area contributed by atoms with Gasteiger partial charge in [0.1, 0.15) is 12.4 Å². The summed E-state index contributed by atoms with van der Waals surface area (Å²) in [6.07, 6.45) is -0.441. The van der Waals surface area contributed by atoms with Crippen molar-refractivity contribution < 1.29 is 39.0 Å². The number of carbonyl (C=O) groups excluding carboxylic acids is 3. The zero-order chi connectivity index (χ0) is 30.7. The number of aromatic hydroxyl groups is 1. The summed E-state index contributed by atoms with van der Waals surface area (Å²) in [4.78, 5) is 49.5. The molecule has 3 rings (SSSR count). The number of non-ortho nitro benzene ring substituents is 1. The van der Waals surface area contributed by atoms with Gasteiger partial charge in [-0.05, 0) is 52.3 Å². The van der Waals surface area contributed by atoms with Crippen LogP contribution in [0.1, 0.15) is 56.5 Å². The Hall–Kier alpha value is -4.71. The second-order valence-corrected chi connectivity index (χ2v) is 9.17. The van der Waals surface area contributed by atoms with Gasteiger partial charge in [-0.1, -0.05) is 24.3 Å². The van der Waals surface area contributed by atoms with E-state index < -0.39 is 34.8 Å². The monoisotopic (exact) mass is 569 g/mol. The van der Waals surface area contributed by atoms with Crippen molar-refractivity contribution >= 4 is 23.5 Å². The van der Waals surface area contributed by atoms with Crippen LogP contribution in [0.3, 0.4) is 0 Å². The summed E-state index contributed by atoms with van der Waals surface area (Å²) >= 11 is 0. The number of phenolic OH excluding ortho intramolecular Hbond substituents is 1. The lowest BCUT2D eigenvalue weighted by atomic mass is 9.80. The molecule has 41 heavy (non-hydrogen) atoms. The number of aliphatic hydroxyl groups is 1. The number of amides is 1. The maximum Gasteiger partial charge on any atom is 0.337 e. The summed E-state index contributed by atoms with van der Waals surface area (Å²) in [6, 6.07) is 11.7. The first-order chi connectivity index (χ1) is 19.4. The lowest BCUT2D eigenvalue weighted by molar-refractivity contribution is -0.384. The molecule has 1 aliphatic rings. The van der Waals surface area contributed by atoms with E-state index in [1.54, 1.807) is 52.8 Å². The minimum atomic E-state index is -0.995. The van der Waals surface area contributed by atoms with Crippen LogP contribution < -0.4 is 10.6 Å². The molecule has 2 aromatic carbocycles. The quantitative estimate of drug-likeness (QED) is 0.151. The highest BCUT2D eigenvalue weighted by Crippen LogP contribution is 2.40. The number of nitro groups is 1. The van der Waals surface area contributed by atoms with Crippen molar-refractivity contribution in [1.82, 2.24) is 10.6 Å². The van der Waals surface area contributed by atoms with Crippen molar-refractivity contribution in [3.63, 3.8) is 0 Å². The Bertz CT molecular complexity index is 1350. The van der Waals surface area contributed by atoms with E-state index in [9.17, 15) is 29.6 Å². The number of dihydropyridines is 1. The van der Waals surface area contributed by atoms with Crippen LogP contribution in [0.15, 0.2) is 71.1 Å². The molecule has 1 heterocycles. The number of nitro benzene ring substituents is 1. The fourth-order valence-corrected chi connectivity index (χ4v) is 4.11. The third kappa shape index (κ3) is 8.64. The molecule has 0 aliphatic carbocycles. The SMILES string of the molecule is CC1=C(C(=O)OCCNC(=O)c2ccccc2O)C(c2cccc([N+](=O)[O-])c2)C(C(=O)OC(C)C)=C(C)N1.CCO. The summed E-state index contributed by atoms with van der Waals surface area (Å²) in [5.41, 5.74) is 1.28. The second kappa shape index (κ2) is 15.2. The molecule has 1 unspecified atom stereocenters. The zero-order valence-electron chi connectivity index (χ0n) is 23.6. The van der Waals surface area contributed by atoms with Gasteiger partial charge in [0.25, 0.3) is 11.6 Å². The van der Waals surface area contributed by atoms with Crippen LogP contribution in [0.2, 0.25) is 0 Å². The number of nitrogens with one attached hydrogen (secondary N) is 2. The molecule has 4 N–H and O–H groups in total. The number of hydrogen-bond acceptors (Lipinski definition) is 10. The molecule has 1 amide bonds. The molecule has 0 saturated heterocycles. The topological polar surface area (TPSA) is 177 Å². The van der Waals surface area contributed by atoms with Gasteiger partial charge in [0.2, 0.25) is 0 Å². The van der Waals surface area contributed by atoms with Crippen molar-refractivity contribution in [1.29, 1.82) is 0 Å². The Morgan fingerprint density at radius 1 is 1.05 bits per heavy atom. The van der Waals surface area contributed by atoms with Gasteiger partial charge in [-0.2, -0.15) is 0 Å². The molecule has 1 aliphatic heterocycles. The van der Waals surface area contributed by atoms with Crippen molar-refractivity contribution in [2.24, 2.45) is 0 Å². The fourth-order valence-electron chi connectivity index (χ4n) is 4.11. The van der Waals surface area contributed by atoms with Crippen LogP contribution in [0.25, 0.3) is 0 Å². The van der Waals surface area contributed by atoms with E-state index in [0.717, 1.165) is 0 Å². The molecule has 2 aromatic rings. The zero-order valence-corrected chi connectivity index (χ0v) is 23.6. The number of benzene rings is 2. The third-order valence-corrected chi connectivity index (χ3v) is 5.73. The number of ether oxygens (including phenoxy) is 2.